The van der Waals surface area contributed by atoms with E-state index in [0.717, 1.165) is 36.2 Å². The molecule has 35 heavy (non-hydrogen) atoms. The van der Waals surface area contributed by atoms with E-state index in [2.05, 4.69) is 0 Å². The standard InChI is InChI=1S/C26H34N4O5/c1-28-12-6-9-22(28)21-16-23(20-15-19(34-3)10-11-24(20)35-4)30(27-21)25(31)17-29(13-14-33-2)26(32)18-7-5-8-18/h6,9-12,15,18,23H,5,7-8,13-14,16-17H2,1-4H3. The largest absolute Gasteiger partial charge is 0.497 e. The number of rotatable bonds is 10. The van der Waals surface area contributed by atoms with Gasteiger partial charge in [0.15, 0.2) is 0 Å². The van der Waals surface area contributed by atoms with Crippen LogP contribution in [0.15, 0.2) is 41.6 Å². The lowest BCUT2D eigenvalue weighted by Crippen LogP contribution is -2.46. The van der Waals surface area contributed by atoms with E-state index in [4.69, 9.17) is 19.3 Å². The van der Waals surface area contributed by atoms with Crippen molar-refractivity contribution < 1.29 is 23.8 Å². The summed E-state index contributed by atoms with van der Waals surface area (Å²) >= 11 is 0. The molecule has 2 aliphatic rings. The quantitative estimate of drug-likeness (QED) is 0.520. The van der Waals surface area contributed by atoms with E-state index >= 15 is 0 Å². The van der Waals surface area contributed by atoms with Gasteiger partial charge < -0.3 is 23.7 Å². The number of benzene rings is 1. The molecule has 2 amide bonds. The maximum Gasteiger partial charge on any atom is 0.262 e. The number of aryl methyl sites for hydroxylation is 1. The third-order valence-corrected chi connectivity index (χ3v) is 6.86. The Bertz CT molecular complexity index is 1090. The van der Waals surface area contributed by atoms with Crippen molar-refractivity contribution in [2.75, 3.05) is 41.0 Å². The van der Waals surface area contributed by atoms with Gasteiger partial charge in [-0.15, -0.1) is 0 Å². The van der Waals surface area contributed by atoms with Crippen LogP contribution in [-0.4, -0.2) is 73.0 Å². The van der Waals surface area contributed by atoms with Gasteiger partial charge >= 0.3 is 0 Å². The molecule has 1 saturated carbocycles. The number of carbonyl (C=O) groups excluding carboxylic acids is 2. The van der Waals surface area contributed by atoms with Gasteiger partial charge in [-0.25, -0.2) is 5.01 Å². The van der Waals surface area contributed by atoms with Gasteiger partial charge in [0.25, 0.3) is 5.91 Å². The molecule has 188 valence electrons. The molecule has 9 heteroatoms. The predicted molar refractivity (Wildman–Crippen MR) is 131 cm³/mol. The van der Waals surface area contributed by atoms with Crippen LogP contribution in [0.2, 0.25) is 0 Å². The second kappa shape index (κ2) is 10.9. The molecule has 1 aromatic carbocycles. The first-order valence-electron chi connectivity index (χ1n) is 12.0. The van der Waals surface area contributed by atoms with Crippen molar-refractivity contribution >= 4 is 17.5 Å². The summed E-state index contributed by atoms with van der Waals surface area (Å²) in [4.78, 5) is 28.3. The number of methoxy groups -OCH3 is 3. The number of aromatic nitrogens is 1. The van der Waals surface area contributed by atoms with Crippen molar-refractivity contribution in [2.24, 2.45) is 18.1 Å². The molecule has 1 aromatic heterocycles. The van der Waals surface area contributed by atoms with E-state index in [9.17, 15) is 9.59 Å². The average Bonchev–Trinajstić information content (AvgIpc) is 3.46. The first-order valence-corrected chi connectivity index (χ1v) is 12.0. The molecule has 0 N–H and O–H groups in total. The van der Waals surface area contributed by atoms with E-state index in [1.54, 1.807) is 26.2 Å². The van der Waals surface area contributed by atoms with E-state index in [0.29, 0.717) is 31.1 Å². The fourth-order valence-corrected chi connectivity index (χ4v) is 4.62. The fraction of sp³-hybridized carbons (Fsp3) is 0.500. The zero-order chi connectivity index (χ0) is 24.9. The molecule has 1 unspecified atom stereocenters. The number of hydrogen-bond donors (Lipinski definition) is 0. The minimum absolute atomic E-state index is 0.00468. The van der Waals surface area contributed by atoms with Gasteiger partial charge in [-0.3, -0.25) is 9.59 Å². The van der Waals surface area contributed by atoms with Crippen LogP contribution in [-0.2, 0) is 21.4 Å². The van der Waals surface area contributed by atoms with Crippen molar-refractivity contribution in [3.8, 4) is 11.5 Å². The fourth-order valence-electron chi connectivity index (χ4n) is 4.62. The Morgan fingerprint density at radius 2 is 1.94 bits per heavy atom. The van der Waals surface area contributed by atoms with Gasteiger partial charge in [0.2, 0.25) is 5.91 Å². The Kier molecular flexibility index (Phi) is 7.75. The summed E-state index contributed by atoms with van der Waals surface area (Å²) in [5.41, 5.74) is 2.55. The van der Waals surface area contributed by atoms with Crippen molar-refractivity contribution in [1.29, 1.82) is 0 Å². The average molecular weight is 483 g/mol. The summed E-state index contributed by atoms with van der Waals surface area (Å²) in [5, 5.41) is 6.27. The first kappa shape index (κ1) is 24.8. The number of hydrogen-bond acceptors (Lipinski definition) is 6. The Morgan fingerprint density at radius 1 is 1.14 bits per heavy atom. The molecule has 0 spiro atoms. The molecule has 0 saturated heterocycles. The molecular formula is C26H34N4O5. The smallest absolute Gasteiger partial charge is 0.262 e. The highest BCUT2D eigenvalue weighted by atomic mass is 16.5. The summed E-state index contributed by atoms with van der Waals surface area (Å²) in [6, 6.07) is 9.09. The van der Waals surface area contributed by atoms with Crippen LogP contribution < -0.4 is 9.47 Å². The van der Waals surface area contributed by atoms with Crippen LogP contribution in [0.4, 0.5) is 0 Å². The second-order valence-electron chi connectivity index (χ2n) is 9.00. The van der Waals surface area contributed by atoms with Gasteiger partial charge in [-0.05, 0) is 43.2 Å². The number of ether oxygens (including phenoxy) is 3. The van der Waals surface area contributed by atoms with E-state index in [-0.39, 0.29) is 30.3 Å². The van der Waals surface area contributed by atoms with E-state index < -0.39 is 0 Å². The van der Waals surface area contributed by atoms with Crippen molar-refractivity contribution in [1.82, 2.24) is 14.5 Å². The molecule has 2 aromatic rings. The van der Waals surface area contributed by atoms with Crippen LogP contribution in [0.3, 0.4) is 0 Å². The van der Waals surface area contributed by atoms with Crippen molar-refractivity contribution in [3.05, 3.63) is 47.8 Å². The van der Waals surface area contributed by atoms with E-state index in [1.165, 1.54) is 5.01 Å². The highest BCUT2D eigenvalue weighted by Gasteiger charge is 2.38. The first-order chi connectivity index (χ1) is 17.0. The Morgan fingerprint density at radius 3 is 2.54 bits per heavy atom. The van der Waals surface area contributed by atoms with Gasteiger partial charge in [-0.2, -0.15) is 5.10 Å². The maximum absolute atomic E-state index is 13.7. The molecule has 2 heterocycles. The molecular weight excluding hydrogens is 448 g/mol. The summed E-state index contributed by atoms with van der Waals surface area (Å²) in [6.07, 6.45) is 5.27. The van der Waals surface area contributed by atoms with Gasteiger partial charge in [0.1, 0.15) is 18.0 Å². The lowest BCUT2D eigenvalue weighted by Gasteiger charge is -2.32. The Labute approximate surface area is 206 Å². The zero-order valence-electron chi connectivity index (χ0n) is 20.9. The lowest BCUT2D eigenvalue weighted by molar-refractivity contribution is -0.146. The Balaban J connectivity index is 1.66. The van der Waals surface area contributed by atoms with Crippen molar-refractivity contribution in [3.63, 3.8) is 0 Å². The molecule has 1 aliphatic carbocycles. The third-order valence-electron chi connectivity index (χ3n) is 6.86. The van der Waals surface area contributed by atoms with E-state index in [1.807, 2.05) is 48.1 Å². The molecule has 0 radical (unpaired) electrons. The van der Waals surface area contributed by atoms with Crippen LogP contribution in [0.5, 0.6) is 11.5 Å². The summed E-state index contributed by atoms with van der Waals surface area (Å²) in [6.45, 7) is 0.690. The molecule has 0 bridgehead atoms. The van der Waals surface area contributed by atoms with Gasteiger partial charge in [-0.1, -0.05) is 6.42 Å². The molecule has 1 atom stereocenters. The maximum atomic E-state index is 13.7. The normalized spacial score (nSPS) is 17.7. The monoisotopic (exact) mass is 482 g/mol. The lowest BCUT2D eigenvalue weighted by atomic mass is 9.84. The van der Waals surface area contributed by atoms with Gasteiger partial charge in [0, 0.05) is 44.8 Å². The van der Waals surface area contributed by atoms with Crippen LogP contribution in [0, 0.1) is 5.92 Å². The van der Waals surface area contributed by atoms with Gasteiger partial charge in [0.05, 0.1) is 38.3 Å². The van der Waals surface area contributed by atoms with Crippen LogP contribution in [0.25, 0.3) is 0 Å². The number of hydrazone groups is 1. The molecule has 1 fully saturated rings. The molecule has 9 nitrogen and oxygen atoms in total. The van der Waals surface area contributed by atoms with Crippen LogP contribution >= 0.6 is 0 Å². The number of amides is 2. The SMILES string of the molecule is COCCN(CC(=O)N1N=C(c2cccn2C)CC1c1cc(OC)ccc1OC)C(=O)C1CCC1. The summed E-state index contributed by atoms with van der Waals surface area (Å²) < 4.78 is 18.3. The third kappa shape index (κ3) is 5.19. The molecule has 1 aliphatic heterocycles. The number of nitrogens with zero attached hydrogens (tertiary/aromatic N) is 4. The summed E-state index contributed by atoms with van der Waals surface area (Å²) in [5.74, 6) is 1.09. The highest BCUT2D eigenvalue weighted by molar-refractivity contribution is 6.02. The minimum Gasteiger partial charge on any atom is -0.497 e. The Hall–Kier alpha value is -3.33. The topological polar surface area (TPSA) is 85.6 Å². The zero-order valence-corrected chi connectivity index (χ0v) is 20.9. The molecule has 4 rings (SSSR count). The van der Waals surface area contributed by atoms with Crippen LogP contribution in [0.1, 0.15) is 43.0 Å². The van der Waals surface area contributed by atoms with Crippen molar-refractivity contribution in [2.45, 2.75) is 31.7 Å². The minimum atomic E-state index is -0.388. The predicted octanol–water partition coefficient (Wildman–Crippen LogP) is 3.00. The highest BCUT2D eigenvalue weighted by Crippen LogP contribution is 2.39. The summed E-state index contributed by atoms with van der Waals surface area (Å²) in [7, 11) is 6.76. The second-order valence-corrected chi connectivity index (χ2v) is 9.00. The number of carbonyl (C=O) groups is 2.